The lowest BCUT2D eigenvalue weighted by Gasteiger charge is -2.21. The molecule has 0 bridgehead atoms. The first-order valence-electron chi connectivity index (χ1n) is 10.0. The van der Waals surface area contributed by atoms with Gasteiger partial charge >= 0.3 is 5.97 Å². The van der Waals surface area contributed by atoms with Crippen LogP contribution in [0.5, 0.6) is 0 Å². The number of unbranched alkanes of at least 4 members (excludes halogenated alkanes) is 4. The minimum atomic E-state index is -0.864. The molecule has 6 heteroatoms. The standard InChI is InChI=1S/C21H36O5S/c1-4-5-8-12-21(2,25)13-11-16-17(22)15-18(26-3)20(16)27-14-9-6-7-10-19(23)24/h11,13,16-17,22,25H,4-10,12,14-15H2,1-3H3,(H,23,24)/b13-11+/t16-,17+,21-/m0/s1. The van der Waals surface area contributed by atoms with Gasteiger partial charge in [0.05, 0.1) is 18.8 Å². The number of carboxylic acids is 1. The van der Waals surface area contributed by atoms with Crippen molar-refractivity contribution in [1.82, 2.24) is 0 Å². The Balaban J connectivity index is 2.61. The summed E-state index contributed by atoms with van der Waals surface area (Å²) >= 11 is 1.67. The Bertz CT molecular complexity index is 513. The Labute approximate surface area is 167 Å². The van der Waals surface area contributed by atoms with Crippen LogP contribution in [0.1, 0.15) is 71.6 Å². The molecule has 0 spiro atoms. The van der Waals surface area contributed by atoms with E-state index in [0.29, 0.717) is 19.3 Å². The van der Waals surface area contributed by atoms with Gasteiger partial charge in [-0.25, -0.2) is 0 Å². The predicted molar refractivity (Wildman–Crippen MR) is 111 cm³/mol. The van der Waals surface area contributed by atoms with Crippen molar-refractivity contribution in [1.29, 1.82) is 0 Å². The highest BCUT2D eigenvalue weighted by molar-refractivity contribution is 8.03. The minimum Gasteiger partial charge on any atom is -0.500 e. The van der Waals surface area contributed by atoms with Crippen LogP contribution in [0.2, 0.25) is 0 Å². The van der Waals surface area contributed by atoms with Crippen LogP contribution in [-0.2, 0) is 9.53 Å². The molecular formula is C21H36O5S. The molecule has 0 amide bonds. The zero-order valence-corrected chi connectivity index (χ0v) is 17.8. The maximum Gasteiger partial charge on any atom is 0.303 e. The quantitative estimate of drug-likeness (QED) is 0.294. The first-order chi connectivity index (χ1) is 12.8. The van der Waals surface area contributed by atoms with Crippen molar-refractivity contribution in [2.75, 3.05) is 12.9 Å². The zero-order valence-electron chi connectivity index (χ0n) is 16.9. The van der Waals surface area contributed by atoms with Crippen molar-refractivity contribution >= 4 is 17.7 Å². The van der Waals surface area contributed by atoms with Crippen molar-refractivity contribution in [3.8, 4) is 0 Å². The Morgan fingerprint density at radius 1 is 1.30 bits per heavy atom. The van der Waals surface area contributed by atoms with Crippen molar-refractivity contribution < 1.29 is 24.9 Å². The largest absolute Gasteiger partial charge is 0.500 e. The maximum absolute atomic E-state index is 10.6. The van der Waals surface area contributed by atoms with Crippen LogP contribution in [0, 0.1) is 5.92 Å². The normalized spacial score (nSPS) is 22.4. The predicted octanol–water partition coefficient (Wildman–Crippen LogP) is 4.49. The number of aliphatic hydroxyl groups excluding tert-OH is 1. The molecule has 0 aliphatic heterocycles. The molecule has 1 rings (SSSR count). The van der Waals surface area contributed by atoms with E-state index in [1.54, 1.807) is 18.9 Å². The fourth-order valence-corrected chi connectivity index (χ4v) is 4.54. The average molecular weight is 401 g/mol. The molecule has 0 aromatic heterocycles. The molecular weight excluding hydrogens is 364 g/mol. The number of carbonyl (C=O) groups is 1. The summed E-state index contributed by atoms with van der Waals surface area (Å²) in [5.41, 5.74) is -0.864. The molecule has 0 aromatic rings. The fraction of sp³-hybridized carbons (Fsp3) is 0.762. The van der Waals surface area contributed by atoms with Gasteiger partial charge < -0.3 is 20.1 Å². The highest BCUT2D eigenvalue weighted by atomic mass is 32.2. The Hall–Kier alpha value is -0.980. The molecule has 3 atom stereocenters. The van der Waals surface area contributed by atoms with Crippen LogP contribution in [0.15, 0.2) is 22.8 Å². The van der Waals surface area contributed by atoms with Crippen LogP contribution in [0.4, 0.5) is 0 Å². The van der Waals surface area contributed by atoms with Gasteiger partial charge in [0, 0.05) is 23.7 Å². The summed E-state index contributed by atoms with van der Waals surface area (Å²) in [6.07, 6.45) is 10.3. The molecule has 5 nitrogen and oxygen atoms in total. The number of hydrogen-bond donors (Lipinski definition) is 3. The van der Waals surface area contributed by atoms with Crippen LogP contribution in [0.25, 0.3) is 0 Å². The van der Waals surface area contributed by atoms with Crippen molar-refractivity contribution in [3.05, 3.63) is 22.8 Å². The first-order valence-corrected chi connectivity index (χ1v) is 11.0. The summed E-state index contributed by atoms with van der Waals surface area (Å²) in [6, 6.07) is 0. The van der Waals surface area contributed by atoms with E-state index < -0.39 is 17.7 Å². The number of thioether (sulfide) groups is 1. The molecule has 1 aliphatic rings. The summed E-state index contributed by atoms with van der Waals surface area (Å²) < 4.78 is 5.47. The van der Waals surface area contributed by atoms with Gasteiger partial charge in [-0.1, -0.05) is 44.8 Å². The highest BCUT2D eigenvalue weighted by Gasteiger charge is 2.33. The van der Waals surface area contributed by atoms with Gasteiger partial charge in [-0.05, 0) is 31.9 Å². The van der Waals surface area contributed by atoms with Gasteiger partial charge in [0.25, 0.3) is 0 Å². The van der Waals surface area contributed by atoms with Crippen LogP contribution in [-0.4, -0.2) is 45.9 Å². The van der Waals surface area contributed by atoms with E-state index in [-0.39, 0.29) is 12.3 Å². The number of carboxylic acid groups (broad SMARTS) is 1. The Kier molecular flexibility index (Phi) is 11.1. The third-order valence-corrected chi connectivity index (χ3v) is 6.18. The SMILES string of the molecule is CCCCC[C@](C)(O)/C=C/[C@@H]1C(SCCCCCC(=O)O)=C(OC)C[C@H]1O. The van der Waals surface area contributed by atoms with Crippen LogP contribution in [0.3, 0.4) is 0 Å². The number of rotatable bonds is 14. The molecule has 1 aliphatic carbocycles. The molecule has 0 heterocycles. The van der Waals surface area contributed by atoms with E-state index in [0.717, 1.165) is 48.5 Å². The lowest BCUT2D eigenvalue weighted by Crippen LogP contribution is -2.22. The van der Waals surface area contributed by atoms with Crippen LogP contribution >= 0.6 is 11.8 Å². The van der Waals surface area contributed by atoms with Gasteiger partial charge in [-0.15, -0.1) is 11.8 Å². The summed E-state index contributed by atoms with van der Waals surface area (Å²) in [5, 5.41) is 29.7. The monoisotopic (exact) mass is 400 g/mol. The van der Waals surface area contributed by atoms with Gasteiger partial charge in [0.2, 0.25) is 0 Å². The Morgan fingerprint density at radius 3 is 2.67 bits per heavy atom. The topological polar surface area (TPSA) is 87.0 Å². The van der Waals surface area contributed by atoms with E-state index in [4.69, 9.17) is 9.84 Å². The molecule has 0 aromatic carbocycles. The van der Waals surface area contributed by atoms with Crippen molar-refractivity contribution in [3.63, 3.8) is 0 Å². The molecule has 0 saturated carbocycles. The number of aliphatic carboxylic acids is 1. The van der Waals surface area contributed by atoms with Crippen molar-refractivity contribution in [2.45, 2.75) is 83.3 Å². The number of hydrogen-bond acceptors (Lipinski definition) is 5. The maximum atomic E-state index is 10.6. The second-order valence-corrected chi connectivity index (χ2v) is 8.65. The summed E-state index contributed by atoms with van der Waals surface area (Å²) in [4.78, 5) is 11.6. The summed E-state index contributed by atoms with van der Waals surface area (Å²) in [6.45, 7) is 3.96. The second kappa shape index (κ2) is 12.5. The Morgan fingerprint density at radius 2 is 2.04 bits per heavy atom. The smallest absolute Gasteiger partial charge is 0.303 e. The average Bonchev–Trinajstić information content (AvgIpc) is 2.91. The van der Waals surface area contributed by atoms with Gasteiger partial charge in [-0.3, -0.25) is 4.79 Å². The van der Waals surface area contributed by atoms with Gasteiger partial charge in [-0.2, -0.15) is 0 Å². The molecule has 0 unspecified atom stereocenters. The minimum absolute atomic E-state index is 0.151. The van der Waals surface area contributed by atoms with E-state index in [9.17, 15) is 15.0 Å². The van der Waals surface area contributed by atoms with Crippen LogP contribution < -0.4 is 0 Å². The van der Waals surface area contributed by atoms with Gasteiger partial charge in [0.1, 0.15) is 5.76 Å². The van der Waals surface area contributed by atoms with E-state index >= 15 is 0 Å². The number of ether oxygens (including phenoxy) is 1. The summed E-state index contributed by atoms with van der Waals surface area (Å²) in [5.74, 6) is 0.785. The van der Waals surface area contributed by atoms with Gasteiger partial charge in [0.15, 0.2) is 0 Å². The second-order valence-electron chi connectivity index (χ2n) is 7.52. The molecule has 0 saturated heterocycles. The molecule has 0 fully saturated rings. The van der Waals surface area contributed by atoms with E-state index in [1.165, 1.54) is 0 Å². The fourth-order valence-electron chi connectivity index (χ4n) is 3.22. The zero-order chi connectivity index (χ0) is 20.3. The molecule has 156 valence electrons. The number of methoxy groups -OCH3 is 1. The third-order valence-electron chi connectivity index (χ3n) is 4.87. The molecule has 27 heavy (non-hydrogen) atoms. The van der Waals surface area contributed by atoms with E-state index in [2.05, 4.69) is 6.92 Å². The molecule has 3 N–H and O–H groups in total. The first kappa shape index (κ1) is 24.1. The third kappa shape index (κ3) is 9.17. The van der Waals surface area contributed by atoms with Crippen molar-refractivity contribution in [2.24, 2.45) is 5.92 Å². The molecule has 0 radical (unpaired) electrons. The van der Waals surface area contributed by atoms with E-state index in [1.807, 2.05) is 19.1 Å². The number of aliphatic hydroxyl groups is 2. The highest BCUT2D eigenvalue weighted by Crippen LogP contribution is 2.41. The lowest BCUT2D eigenvalue weighted by atomic mass is 9.95. The lowest BCUT2D eigenvalue weighted by molar-refractivity contribution is -0.137. The summed E-state index contributed by atoms with van der Waals surface area (Å²) in [7, 11) is 1.63.